The number of nitrogens with zero attached hydrogens (tertiary/aromatic N) is 4. The number of amides is 1. The number of carbonyl (C=O) groups excluding carboxylic acids is 1. The van der Waals surface area contributed by atoms with Crippen LogP contribution in [0.4, 0.5) is 0 Å². The second-order valence-electron chi connectivity index (χ2n) is 6.10. The van der Waals surface area contributed by atoms with Gasteiger partial charge < -0.3 is 9.73 Å². The number of benzene rings is 2. The van der Waals surface area contributed by atoms with E-state index in [0.717, 1.165) is 11.1 Å². The van der Waals surface area contributed by atoms with Crippen molar-refractivity contribution >= 4 is 5.91 Å². The Bertz CT molecular complexity index is 1030. The lowest BCUT2D eigenvalue weighted by molar-refractivity contribution is 0.0935. The van der Waals surface area contributed by atoms with E-state index in [2.05, 4.69) is 20.8 Å². The Balaban J connectivity index is 1.71. The SMILES string of the molecule is CC(NC(=O)c1cc(-c2ccccc2)cc(-n2cnnn2)c1)c1ccco1. The Morgan fingerprint density at radius 1 is 1.07 bits per heavy atom. The maximum Gasteiger partial charge on any atom is 0.251 e. The molecule has 0 aliphatic carbocycles. The van der Waals surface area contributed by atoms with E-state index in [1.165, 1.54) is 11.0 Å². The first-order valence-electron chi connectivity index (χ1n) is 8.49. The first-order valence-corrected chi connectivity index (χ1v) is 8.49. The summed E-state index contributed by atoms with van der Waals surface area (Å²) in [5.74, 6) is 0.495. The highest BCUT2D eigenvalue weighted by atomic mass is 16.3. The molecule has 4 aromatic rings. The molecule has 27 heavy (non-hydrogen) atoms. The van der Waals surface area contributed by atoms with Crippen LogP contribution in [0.15, 0.2) is 77.7 Å². The van der Waals surface area contributed by atoms with E-state index in [0.29, 0.717) is 17.0 Å². The van der Waals surface area contributed by atoms with Gasteiger partial charge in [-0.2, -0.15) is 0 Å². The highest BCUT2D eigenvalue weighted by Crippen LogP contribution is 2.24. The lowest BCUT2D eigenvalue weighted by Gasteiger charge is -2.13. The largest absolute Gasteiger partial charge is 0.467 e. The van der Waals surface area contributed by atoms with Gasteiger partial charge in [-0.15, -0.1) is 5.10 Å². The summed E-state index contributed by atoms with van der Waals surface area (Å²) in [7, 11) is 0. The molecule has 0 saturated carbocycles. The Morgan fingerprint density at radius 2 is 1.93 bits per heavy atom. The average Bonchev–Trinajstić information content (AvgIpc) is 3.42. The van der Waals surface area contributed by atoms with Gasteiger partial charge in [0.05, 0.1) is 18.0 Å². The van der Waals surface area contributed by atoms with Crippen LogP contribution in [0.1, 0.15) is 29.1 Å². The Morgan fingerprint density at radius 3 is 2.63 bits per heavy atom. The molecular formula is C20H17N5O2. The summed E-state index contributed by atoms with van der Waals surface area (Å²) in [4.78, 5) is 12.8. The van der Waals surface area contributed by atoms with Crippen molar-refractivity contribution in [1.29, 1.82) is 0 Å². The van der Waals surface area contributed by atoms with E-state index in [-0.39, 0.29) is 11.9 Å². The minimum atomic E-state index is -0.246. The summed E-state index contributed by atoms with van der Waals surface area (Å²) < 4.78 is 6.89. The molecule has 7 heteroatoms. The van der Waals surface area contributed by atoms with Gasteiger partial charge in [0.2, 0.25) is 0 Å². The lowest BCUT2D eigenvalue weighted by Crippen LogP contribution is -2.26. The van der Waals surface area contributed by atoms with E-state index < -0.39 is 0 Å². The zero-order valence-corrected chi connectivity index (χ0v) is 14.6. The monoisotopic (exact) mass is 359 g/mol. The topological polar surface area (TPSA) is 85.8 Å². The average molecular weight is 359 g/mol. The molecule has 1 N–H and O–H groups in total. The fraction of sp³-hybridized carbons (Fsp3) is 0.100. The Hall–Kier alpha value is -3.74. The second-order valence-corrected chi connectivity index (χ2v) is 6.10. The third kappa shape index (κ3) is 3.62. The number of furan rings is 1. The number of aromatic nitrogens is 4. The number of rotatable bonds is 5. The van der Waals surface area contributed by atoms with Gasteiger partial charge in [0, 0.05) is 5.56 Å². The molecule has 2 heterocycles. The number of nitrogens with one attached hydrogen (secondary N) is 1. The van der Waals surface area contributed by atoms with Crippen LogP contribution in [0.5, 0.6) is 0 Å². The summed E-state index contributed by atoms with van der Waals surface area (Å²) in [5, 5.41) is 14.2. The summed E-state index contributed by atoms with van der Waals surface area (Å²) in [6, 6.07) is 18.8. The molecule has 4 rings (SSSR count). The summed E-state index contributed by atoms with van der Waals surface area (Å²) in [6.07, 6.45) is 3.08. The van der Waals surface area contributed by atoms with Crippen molar-refractivity contribution in [3.05, 3.63) is 84.6 Å². The first kappa shape index (κ1) is 16.7. The predicted molar refractivity (Wildman–Crippen MR) is 99.2 cm³/mol. The summed E-state index contributed by atoms with van der Waals surface area (Å²) >= 11 is 0. The molecule has 7 nitrogen and oxygen atoms in total. The maximum atomic E-state index is 12.8. The molecular weight excluding hydrogens is 342 g/mol. The van der Waals surface area contributed by atoms with Crippen molar-refractivity contribution in [1.82, 2.24) is 25.5 Å². The van der Waals surface area contributed by atoms with Crippen molar-refractivity contribution in [2.75, 3.05) is 0 Å². The molecule has 0 radical (unpaired) electrons. The lowest BCUT2D eigenvalue weighted by atomic mass is 10.0. The van der Waals surface area contributed by atoms with Crippen molar-refractivity contribution < 1.29 is 9.21 Å². The van der Waals surface area contributed by atoms with Gasteiger partial charge in [0.15, 0.2) is 0 Å². The maximum absolute atomic E-state index is 12.8. The molecule has 2 aromatic carbocycles. The van der Waals surface area contributed by atoms with Crippen molar-refractivity contribution in [3.63, 3.8) is 0 Å². The zero-order chi connectivity index (χ0) is 18.6. The number of hydrogen-bond donors (Lipinski definition) is 1. The van der Waals surface area contributed by atoms with Crippen LogP contribution in [0.3, 0.4) is 0 Å². The molecule has 0 spiro atoms. The standard InChI is InChI=1S/C20H17N5O2/c1-14(19-8-5-9-27-19)22-20(26)17-10-16(15-6-3-2-4-7-15)11-18(12-17)25-13-21-23-24-25/h2-14H,1H3,(H,22,26). The van der Waals surface area contributed by atoms with Crippen molar-refractivity contribution in [3.8, 4) is 16.8 Å². The van der Waals surface area contributed by atoms with Crippen LogP contribution >= 0.6 is 0 Å². The van der Waals surface area contributed by atoms with Gasteiger partial charge in [0.1, 0.15) is 12.1 Å². The normalized spacial score (nSPS) is 11.9. The molecule has 0 saturated heterocycles. The van der Waals surface area contributed by atoms with Crippen LogP contribution < -0.4 is 5.32 Å². The fourth-order valence-corrected chi connectivity index (χ4v) is 2.84. The summed E-state index contributed by atoms with van der Waals surface area (Å²) in [5.41, 5.74) is 3.12. The quantitative estimate of drug-likeness (QED) is 0.590. The molecule has 1 atom stereocenters. The highest BCUT2D eigenvalue weighted by Gasteiger charge is 2.16. The molecule has 0 aliphatic heterocycles. The number of tetrazole rings is 1. The Kier molecular flexibility index (Phi) is 4.49. The van der Waals surface area contributed by atoms with Crippen LogP contribution in [0.25, 0.3) is 16.8 Å². The van der Waals surface area contributed by atoms with E-state index in [1.54, 1.807) is 18.4 Å². The molecule has 0 aliphatic rings. The zero-order valence-electron chi connectivity index (χ0n) is 14.6. The number of carbonyl (C=O) groups is 1. The van der Waals surface area contributed by atoms with Crippen LogP contribution in [0.2, 0.25) is 0 Å². The molecule has 0 fully saturated rings. The van der Waals surface area contributed by atoms with E-state index >= 15 is 0 Å². The van der Waals surface area contributed by atoms with Crippen LogP contribution in [-0.2, 0) is 0 Å². The smallest absolute Gasteiger partial charge is 0.251 e. The minimum absolute atomic E-state index is 0.203. The Labute approximate surface area is 155 Å². The second kappa shape index (κ2) is 7.25. The molecule has 1 amide bonds. The molecule has 0 bridgehead atoms. The molecule has 134 valence electrons. The van der Waals surface area contributed by atoms with Gasteiger partial charge in [-0.1, -0.05) is 30.3 Å². The van der Waals surface area contributed by atoms with Gasteiger partial charge in [-0.05, 0) is 58.8 Å². The van der Waals surface area contributed by atoms with Crippen molar-refractivity contribution in [2.24, 2.45) is 0 Å². The highest BCUT2D eigenvalue weighted by molar-refractivity contribution is 5.96. The van der Waals surface area contributed by atoms with E-state index in [9.17, 15) is 4.79 Å². The molecule has 1 unspecified atom stereocenters. The third-order valence-electron chi connectivity index (χ3n) is 4.22. The van der Waals surface area contributed by atoms with Crippen LogP contribution in [-0.4, -0.2) is 26.1 Å². The first-order chi connectivity index (χ1) is 13.2. The fourth-order valence-electron chi connectivity index (χ4n) is 2.84. The van der Waals surface area contributed by atoms with Gasteiger partial charge in [-0.25, -0.2) is 4.68 Å². The van der Waals surface area contributed by atoms with E-state index in [4.69, 9.17) is 4.42 Å². The van der Waals surface area contributed by atoms with Gasteiger partial charge in [-0.3, -0.25) is 4.79 Å². The number of hydrogen-bond acceptors (Lipinski definition) is 5. The van der Waals surface area contributed by atoms with E-state index in [1.807, 2.05) is 55.5 Å². The van der Waals surface area contributed by atoms with Crippen LogP contribution in [0, 0.1) is 0 Å². The van der Waals surface area contributed by atoms with Gasteiger partial charge in [0.25, 0.3) is 5.91 Å². The molecule has 2 aromatic heterocycles. The summed E-state index contributed by atoms with van der Waals surface area (Å²) in [6.45, 7) is 1.88. The predicted octanol–water partition coefficient (Wildman–Crippen LogP) is 3.41. The van der Waals surface area contributed by atoms with Crippen molar-refractivity contribution in [2.45, 2.75) is 13.0 Å². The minimum Gasteiger partial charge on any atom is -0.467 e. The van der Waals surface area contributed by atoms with Gasteiger partial charge >= 0.3 is 0 Å². The third-order valence-corrected chi connectivity index (χ3v) is 4.22.